The molecular weight excluding hydrogens is 262 g/mol. The number of aryl methyl sites for hydroxylation is 1. The van der Waals surface area contributed by atoms with Gasteiger partial charge in [0.2, 0.25) is 0 Å². The first-order valence-electron chi connectivity index (χ1n) is 6.76. The number of benzene rings is 2. The van der Waals surface area contributed by atoms with Crippen molar-refractivity contribution in [2.24, 2.45) is 7.05 Å². The molecule has 0 atom stereocenters. The van der Waals surface area contributed by atoms with Crippen LogP contribution in [0.1, 0.15) is 15.9 Å². The molecule has 4 rings (SSSR count). The van der Waals surface area contributed by atoms with Gasteiger partial charge in [0.15, 0.2) is 5.78 Å². The number of carbonyl (C=O) groups excluding carboxylic acids is 1. The van der Waals surface area contributed by atoms with Crippen LogP contribution in [0.5, 0.6) is 0 Å². The lowest BCUT2D eigenvalue weighted by Crippen LogP contribution is -2.00. The lowest BCUT2D eigenvalue weighted by Gasteiger charge is -2.00. The van der Waals surface area contributed by atoms with Gasteiger partial charge >= 0.3 is 0 Å². The zero-order valence-electron chi connectivity index (χ0n) is 11.5. The van der Waals surface area contributed by atoms with E-state index in [1.165, 1.54) is 0 Å². The van der Waals surface area contributed by atoms with Gasteiger partial charge in [0, 0.05) is 35.3 Å². The van der Waals surface area contributed by atoms with Crippen molar-refractivity contribution in [1.29, 1.82) is 0 Å². The van der Waals surface area contributed by atoms with Gasteiger partial charge in [0.05, 0.1) is 17.4 Å². The topological polar surface area (TPSA) is 50.7 Å². The van der Waals surface area contributed by atoms with Crippen molar-refractivity contribution in [3.05, 3.63) is 66.1 Å². The molecule has 4 aromatic rings. The summed E-state index contributed by atoms with van der Waals surface area (Å²) < 4.78 is 1.98. The molecule has 2 heterocycles. The van der Waals surface area contributed by atoms with Gasteiger partial charge in [-0.15, -0.1) is 0 Å². The molecule has 102 valence electrons. The number of H-pyrrole nitrogens is 1. The monoisotopic (exact) mass is 275 g/mol. The molecule has 0 fully saturated rings. The van der Waals surface area contributed by atoms with Crippen molar-refractivity contribution in [3.8, 4) is 0 Å². The van der Waals surface area contributed by atoms with E-state index in [9.17, 15) is 4.79 Å². The van der Waals surface area contributed by atoms with Crippen LogP contribution in [-0.4, -0.2) is 20.3 Å². The average Bonchev–Trinajstić information content (AvgIpc) is 3.11. The highest BCUT2D eigenvalue weighted by molar-refractivity contribution is 6.17. The zero-order chi connectivity index (χ0) is 14.4. The minimum Gasteiger partial charge on any atom is -0.350 e. The number of aromatic nitrogens is 3. The predicted molar refractivity (Wildman–Crippen MR) is 82.4 cm³/mol. The van der Waals surface area contributed by atoms with Crippen LogP contribution in [0.15, 0.2) is 55.0 Å². The Bertz CT molecular complexity index is 978. The number of hydrogen-bond acceptors (Lipinski definition) is 2. The molecular formula is C17H13N3O. The molecule has 0 aliphatic carbocycles. The summed E-state index contributed by atoms with van der Waals surface area (Å²) in [7, 11) is 1.96. The standard InChI is InChI=1S/C17H13N3O/c1-20-9-13(12-4-2-3-5-16(12)20)17(21)11-6-7-14-15(8-11)19-10-18-14/h2-10H,1H3,(H,18,19). The number of rotatable bonds is 2. The number of carbonyl (C=O) groups is 1. The van der Waals surface area contributed by atoms with E-state index in [2.05, 4.69) is 9.97 Å². The van der Waals surface area contributed by atoms with Crippen LogP contribution >= 0.6 is 0 Å². The molecule has 0 spiro atoms. The van der Waals surface area contributed by atoms with E-state index in [1.807, 2.05) is 60.3 Å². The number of nitrogens with zero attached hydrogens (tertiary/aromatic N) is 2. The number of para-hydroxylation sites is 1. The molecule has 0 aliphatic heterocycles. The first-order valence-corrected chi connectivity index (χ1v) is 6.76. The Morgan fingerprint density at radius 2 is 2.05 bits per heavy atom. The third-order valence-electron chi connectivity index (χ3n) is 3.82. The van der Waals surface area contributed by atoms with E-state index >= 15 is 0 Å². The summed E-state index contributed by atoms with van der Waals surface area (Å²) in [5.41, 5.74) is 4.20. The third-order valence-corrected chi connectivity index (χ3v) is 3.82. The lowest BCUT2D eigenvalue weighted by molar-refractivity contribution is 0.104. The van der Waals surface area contributed by atoms with E-state index in [1.54, 1.807) is 6.33 Å². The van der Waals surface area contributed by atoms with Crippen LogP contribution in [0.25, 0.3) is 21.9 Å². The van der Waals surface area contributed by atoms with Gasteiger partial charge in [-0.2, -0.15) is 0 Å². The van der Waals surface area contributed by atoms with Crippen molar-refractivity contribution in [2.75, 3.05) is 0 Å². The highest BCUT2D eigenvalue weighted by atomic mass is 16.1. The van der Waals surface area contributed by atoms with E-state index in [4.69, 9.17) is 0 Å². The van der Waals surface area contributed by atoms with Gasteiger partial charge in [0.25, 0.3) is 0 Å². The predicted octanol–water partition coefficient (Wildman–Crippen LogP) is 3.29. The molecule has 0 radical (unpaired) electrons. The summed E-state index contributed by atoms with van der Waals surface area (Å²) in [4.78, 5) is 20.0. The minimum absolute atomic E-state index is 0.0308. The Kier molecular flexibility index (Phi) is 2.44. The van der Waals surface area contributed by atoms with Gasteiger partial charge in [-0.1, -0.05) is 18.2 Å². The van der Waals surface area contributed by atoms with E-state index < -0.39 is 0 Å². The van der Waals surface area contributed by atoms with Crippen molar-refractivity contribution in [1.82, 2.24) is 14.5 Å². The molecule has 0 bridgehead atoms. The van der Waals surface area contributed by atoms with Crippen molar-refractivity contribution >= 4 is 27.7 Å². The SMILES string of the molecule is Cn1cc(C(=O)c2ccc3nc[nH]c3c2)c2ccccc21. The first-order chi connectivity index (χ1) is 10.2. The fraction of sp³-hybridized carbons (Fsp3) is 0.0588. The van der Waals surface area contributed by atoms with E-state index in [0.29, 0.717) is 5.56 Å². The number of ketones is 1. The number of nitrogens with one attached hydrogen (secondary N) is 1. The second-order valence-electron chi connectivity index (χ2n) is 5.13. The first kappa shape index (κ1) is 11.9. The second-order valence-corrected chi connectivity index (χ2v) is 5.13. The van der Waals surface area contributed by atoms with Crippen LogP contribution < -0.4 is 0 Å². The van der Waals surface area contributed by atoms with E-state index in [-0.39, 0.29) is 5.78 Å². The molecule has 0 saturated carbocycles. The molecule has 0 saturated heterocycles. The minimum atomic E-state index is 0.0308. The molecule has 0 aliphatic rings. The summed E-state index contributed by atoms with van der Waals surface area (Å²) in [5, 5.41) is 0.981. The summed E-state index contributed by atoms with van der Waals surface area (Å²) in [6.45, 7) is 0. The molecule has 1 N–H and O–H groups in total. The summed E-state index contributed by atoms with van der Waals surface area (Å²) >= 11 is 0. The highest BCUT2D eigenvalue weighted by Gasteiger charge is 2.16. The van der Waals surface area contributed by atoms with Gasteiger partial charge in [0.1, 0.15) is 0 Å². The fourth-order valence-corrected chi connectivity index (χ4v) is 2.75. The number of hydrogen-bond donors (Lipinski definition) is 1. The van der Waals surface area contributed by atoms with Crippen molar-refractivity contribution in [2.45, 2.75) is 0 Å². The van der Waals surface area contributed by atoms with E-state index in [0.717, 1.165) is 27.5 Å². The Labute approximate surface area is 121 Å². The Morgan fingerprint density at radius 3 is 2.95 bits per heavy atom. The molecule has 0 amide bonds. The molecule has 4 nitrogen and oxygen atoms in total. The normalized spacial score (nSPS) is 11.3. The molecule has 4 heteroatoms. The van der Waals surface area contributed by atoms with Gasteiger partial charge in [-0.05, 0) is 24.3 Å². The van der Waals surface area contributed by atoms with Crippen LogP contribution in [0.2, 0.25) is 0 Å². The molecule has 2 aromatic carbocycles. The van der Waals surface area contributed by atoms with Crippen molar-refractivity contribution < 1.29 is 4.79 Å². The van der Waals surface area contributed by atoms with Crippen molar-refractivity contribution in [3.63, 3.8) is 0 Å². The molecule has 0 unspecified atom stereocenters. The van der Waals surface area contributed by atoms with Crippen LogP contribution in [0.3, 0.4) is 0 Å². The maximum atomic E-state index is 12.8. The Hall–Kier alpha value is -2.88. The lowest BCUT2D eigenvalue weighted by atomic mass is 10.0. The number of fused-ring (bicyclic) bond motifs is 2. The van der Waals surface area contributed by atoms with Crippen LogP contribution in [-0.2, 0) is 7.05 Å². The quantitative estimate of drug-likeness (QED) is 0.571. The van der Waals surface area contributed by atoms with Crippen LogP contribution in [0, 0.1) is 0 Å². The van der Waals surface area contributed by atoms with Gasteiger partial charge in [-0.3, -0.25) is 4.79 Å². The maximum Gasteiger partial charge on any atom is 0.195 e. The highest BCUT2D eigenvalue weighted by Crippen LogP contribution is 2.24. The molecule has 21 heavy (non-hydrogen) atoms. The molecule has 2 aromatic heterocycles. The van der Waals surface area contributed by atoms with Gasteiger partial charge in [-0.25, -0.2) is 4.98 Å². The Morgan fingerprint density at radius 1 is 1.19 bits per heavy atom. The Balaban J connectivity index is 1.89. The van der Waals surface area contributed by atoms with Gasteiger partial charge < -0.3 is 9.55 Å². The summed E-state index contributed by atoms with van der Waals surface area (Å²) in [6.07, 6.45) is 3.53. The summed E-state index contributed by atoms with van der Waals surface area (Å²) in [6, 6.07) is 13.5. The number of aromatic amines is 1. The zero-order valence-corrected chi connectivity index (χ0v) is 11.5. The smallest absolute Gasteiger partial charge is 0.195 e. The second kappa shape index (κ2) is 4.31. The maximum absolute atomic E-state index is 12.8. The fourth-order valence-electron chi connectivity index (χ4n) is 2.75. The number of imidazole rings is 1. The third kappa shape index (κ3) is 1.76. The summed E-state index contributed by atoms with van der Waals surface area (Å²) in [5.74, 6) is 0.0308. The largest absolute Gasteiger partial charge is 0.350 e. The average molecular weight is 275 g/mol. The van der Waals surface area contributed by atoms with Crippen LogP contribution in [0.4, 0.5) is 0 Å².